The van der Waals surface area contributed by atoms with E-state index in [0.717, 1.165) is 0 Å². The van der Waals surface area contributed by atoms with Crippen LogP contribution >= 0.6 is 0 Å². The summed E-state index contributed by atoms with van der Waals surface area (Å²) < 4.78 is 0. The third-order valence-corrected chi connectivity index (χ3v) is 3.64. The van der Waals surface area contributed by atoms with Gasteiger partial charge in [-0.1, -0.05) is 42.7 Å². The average molecular weight is 217 g/mol. The first-order valence-corrected chi connectivity index (χ1v) is 6.41. The number of hydrogen-bond acceptors (Lipinski definition) is 1. The lowest BCUT2D eigenvalue weighted by Crippen LogP contribution is -2.54. The number of hydrogen-bond donors (Lipinski definition) is 1. The third kappa shape index (κ3) is 2.46. The van der Waals surface area contributed by atoms with E-state index < -0.39 is 0 Å². The summed E-state index contributed by atoms with van der Waals surface area (Å²) in [5.41, 5.74) is 4.87. The maximum atomic E-state index is 3.44. The molecule has 1 heterocycles. The maximum Gasteiger partial charge on any atom is 0.00234 e. The summed E-state index contributed by atoms with van der Waals surface area (Å²) >= 11 is 0. The standard InChI is InChI=1S/C15H23N/c1-4-5-15(10-16-11-15)9-14-7-12(2)6-13(3)8-14/h6-8,16H,4-5,9-11H2,1-3H3. The monoisotopic (exact) mass is 217 g/mol. The number of rotatable bonds is 4. The lowest BCUT2D eigenvalue weighted by atomic mass is 9.73. The fourth-order valence-electron chi connectivity index (χ4n) is 3.00. The van der Waals surface area contributed by atoms with Crippen molar-refractivity contribution in [1.82, 2.24) is 5.32 Å². The first-order valence-electron chi connectivity index (χ1n) is 6.41. The quantitative estimate of drug-likeness (QED) is 0.816. The highest BCUT2D eigenvalue weighted by Crippen LogP contribution is 2.33. The van der Waals surface area contributed by atoms with Gasteiger partial charge >= 0.3 is 0 Å². The van der Waals surface area contributed by atoms with Crippen LogP contribution in [0.5, 0.6) is 0 Å². The zero-order chi connectivity index (χ0) is 11.6. The third-order valence-electron chi connectivity index (χ3n) is 3.64. The van der Waals surface area contributed by atoms with Crippen LogP contribution in [0, 0.1) is 19.3 Å². The molecule has 1 aliphatic rings. The highest BCUT2D eigenvalue weighted by Gasteiger charge is 2.35. The number of aryl methyl sites for hydroxylation is 2. The van der Waals surface area contributed by atoms with Gasteiger partial charge in [-0.3, -0.25) is 0 Å². The normalized spacial score (nSPS) is 18.2. The van der Waals surface area contributed by atoms with Crippen LogP contribution < -0.4 is 5.32 Å². The largest absolute Gasteiger partial charge is 0.316 e. The molecule has 88 valence electrons. The Bertz CT molecular complexity index is 343. The highest BCUT2D eigenvalue weighted by molar-refractivity contribution is 5.29. The summed E-state index contributed by atoms with van der Waals surface area (Å²) in [5.74, 6) is 0. The Balaban J connectivity index is 2.12. The molecular formula is C15H23N. The van der Waals surface area contributed by atoms with Gasteiger partial charge in [-0.25, -0.2) is 0 Å². The van der Waals surface area contributed by atoms with Crippen molar-refractivity contribution in [1.29, 1.82) is 0 Å². The number of benzene rings is 1. The topological polar surface area (TPSA) is 12.0 Å². The molecule has 1 fully saturated rings. The second-order valence-corrected chi connectivity index (χ2v) is 5.53. The van der Waals surface area contributed by atoms with E-state index in [2.05, 4.69) is 44.3 Å². The summed E-state index contributed by atoms with van der Waals surface area (Å²) in [4.78, 5) is 0. The molecular weight excluding hydrogens is 194 g/mol. The molecule has 1 heteroatoms. The molecule has 0 saturated carbocycles. The van der Waals surface area contributed by atoms with Gasteiger partial charge in [-0.2, -0.15) is 0 Å². The van der Waals surface area contributed by atoms with E-state index in [1.165, 1.54) is 49.0 Å². The van der Waals surface area contributed by atoms with Gasteiger partial charge in [-0.05, 0) is 37.7 Å². The highest BCUT2D eigenvalue weighted by atomic mass is 15.0. The van der Waals surface area contributed by atoms with Gasteiger partial charge < -0.3 is 5.32 Å². The van der Waals surface area contributed by atoms with Crippen LogP contribution in [0.2, 0.25) is 0 Å². The zero-order valence-electron chi connectivity index (χ0n) is 10.8. The molecule has 1 N–H and O–H groups in total. The molecule has 0 bridgehead atoms. The van der Waals surface area contributed by atoms with Crippen molar-refractivity contribution in [2.75, 3.05) is 13.1 Å². The fourth-order valence-corrected chi connectivity index (χ4v) is 3.00. The molecule has 1 aliphatic heterocycles. The second-order valence-electron chi connectivity index (χ2n) is 5.53. The molecule has 0 radical (unpaired) electrons. The van der Waals surface area contributed by atoms with Crippen molar-refractivity contribution in [3.63, 3.8) is 0 Å². The first kappa shape index (κ1) is 11.7. The van der Waals surface area contributed by atoms with Gasteiger partial charge in [0.05, 0.1) is 0 Å². The van der Waals surface area contributed by atoms with Crippen LogP contribution in [-0.4, -0.2) is 13.1 Å². The molecule has 0 unspecified atom stereocenters. The van der Waals surface area contributed by atoms with Gasteiger partial charge in [-0.15, -0.1) is 0 Å². The SMILES string of the molecule is CCCC1(Cc2cc(C)cc(C)c2)CNC1. The van der Waals surface area contributed by atoms with E-state index in [1.54, 1.807) is 0 Å². The Hall–Kier alpha value is -0.820. The Labute approximate surface area is 99.3 Å². The fraction of sp³-hybridized carbons (Fsp3) is 0.600. The summed E-state index contributed by atoms with van der Waals surface area (Å²) in [6, 6.07) is 6.96. The molecule has 0 atom stereocenters. The lowest BCUT2D eigenvalue weighted by Gasteiger charge is -2.43. The van der Waals surface area contributed by atoms with Crippen molar-refractivity contribution in [3.05, 3.63) is 34.9 Å². The van der Waals surface area contributed by atoms with E-state index in [1.807, 2.05) is 0 Å². The van der Waals surface area contributed by atoms with E-state index in [4.69, 9.17) is 0 Å². The molecule has 0 aliphatic carbocycles. The molecule has 1 aromatic carbocycles. The predicted molar refractivity (Wildman–Crippen MR) is 69.8 cm³/mol. The smallest absolute Gasteiger partial charge is 0.00234 e. The Morgan fingerprint density at radius 2 is 1.75 bits per heavy atom. The average Bonchev–Trinajstić information content (AvgIpc) is 2.13. The summed E-state index contributed by atoms with van der Waals surface area (Å²) in [7, 11) is 0. The zero-order valence-corrected chi connectivity index (χ0v) is 10.8. The van der Waals surface area contributed by atoms with Crippen LogP contribution in [0.25, 0.3) is 0 Å². The molecule has 0 amide bonds. The van der Waals surface area contributed by atoms with E-state index in [-0.39, 0.29) is 0 Å². The molecule has 0 spiro atoms. The summed E-state index contributed by atoms with van der Waals surface area (Å²) in [5, 5.41) is 3.44. The van der Waals surface area contributed by atoms with Crippen LogP contribution in [0.1, 0.15) is 36.5 Å². The van der Waals surface area contributed by atoms with Crippen LogP contribution in [-0.2, 0) is 6.42 Å². The van der Waals surface area contributed by atoms with Gasteiger partial charge in [0, 0.05) is 13.1 Å². The second kappa shape index (κ2) is 4.58. The lowest BCUT2D eigenvalue weighted by molar-refractivity contribution is 0.151. The number of nitrogens with one attached hydrogen (secondary N) is 1. The van der Waals surface area contributed by atoms with E-state index in [0.29, 0.717) is 5.41 Å². The van der Waals surface area contributed by atoms with Crippen LogP contribution in [0.4, 0.5) is 0 Å². The molecule has 1 nitrogen and oxygen atoms in total. The Morgan fingerprint density at radius 3 is 2.19 bits per heavy atom. The van der Waals surface area contributed by atoms with E-state index in [9.17, 15) is 0 Å². The Morgan fingerprint density at radius 1 is 1.12 bits per heavy atom. The van der Waals surface area contributed by atoms with Crippen molar-refractivity contribution < 1.29 is 0 Å². The van der Waals surface area contributed by atoms with Gasteiger partial charge in [0.25, 0.3) is 0 Å². The van der Waals surface area contributed by atoms with Crippen molar-refractivity contribution in [2.24, 2.45) is 5.41 Å². The molecule has 1 saturated heterocycles. The Kier molecular flexibility index (Phi) is 3.34. The molecule has 2 rings (SSSR count). The van der Waals surface area contributed by atoms with Crippen molar-refractivity contribution >= 4 is 0 Å². The molecule has 0 aromatic heterocycles. The first-order chi connectivity index (χ1) is 7.63. The van der Waals surface area contributed by atoms with Crippen molar-refractivity contribution in [3.8, 4) is 0 Å². The maximum absolute atomic E-state index is 3.44. The predicted octanol–water partition coefficient (Wildman–Crippen LogP) is 3.24. The minimum Gasteiger partial charge on any atom is -0.316 e. The van der Waals surface area contributed by atoms with Gasteiger partial charge in [0.15, 0.2) is 0 Å². The summed E-state index contributed by atoms with van der Waals surface area (Å²) in [6.07, 6.45) is 3.90. The van der Waals surface area contributed by atoms with Gasteiger partial charge in [0.2, 0.25) is 0 Å². The van der Waals surface area contributed by atoms with Crippen LogP contribution in [0.15, 0.2) is 18.2 Å². The summed E-state index contributed by atoms with van der Waals surface area (Å²) in [6.45, 7) is 9.09. The molecule has 1 aromatic rings. The minimum absolute atomic E-state index is 0.551. The minimum atomic E-state index is 0.551. The van der Waals surface area contributed by atoms with Gasteiger partial charge in [0.1, 0.15) is 0 Å². The van der Waals surface area contributed by atoms with Crippen LogP contribution in [0.3, 0.4) is 0 Å². The van der Waals surface area contributed by atoms with Crippen molar-refractivity contribution in [2.45, 2.75) is 40.0 Å². The molecule has 16 heavy (non-hydrogen) atoms. The van der Waals surface area contributed by atoms with E-state index >= 15 is 0 Å².